The number of carbonyl (C=O) groups excluding carboxylic acids is 1. The van der Waals surface area contributed by atoms with Crippen molar-refractivity contribution in [3.63, 3.8) is 0 Å². The van der Waals surface area contributed by atoms with Crippen molar-refractivity contribution < 1.29 is 9.53 Å². The molecule has 1 heterocycles. The summed E-state index contributed by atoms with van der Waals surface area (Å²) < 4.78 is 5.02. The van der Waals surface area contributed by atoms with Crippen molar-refractivity contribution in [3.05, 3.63) is 71.0 Å². The van der Waals surface area contributed by atoms with Gasteiger partial charge >= 0.3 is 5.97 Å². The van der Waals surface area contributed by atoms with Gasteiger partial charge in [-0.05, 0) is 66.3 Å². The van der Waals surface area contributed by atoms with Crippen molar-refractivity contribution in [2.24, 2.45) is 5.92 Å². The normalized spacial score (nSPS) is 18.4. The molecule has 3 aromatic rings. The van der Waals surface area contributed by atoms with E-state index >= 15 is 0 Å². The van der Waals surface area contributed by atoms with E-state index in [2.05, 4.69) is 42.5 Å². The first kappa shape index (κ1) is 18.7. The molecule has 1 atom stereocenters. The maximum Gasteiger partial charge on any atom is 0.309 e. The molecule has 2 aliphatic carbocycles. The SMILES string of the molecule is COC(=O)C1CCc2c(cc3cnc(C4CC4)cc3c2SCc2ccccc2)C1. The van der Waals surface area contributed by atoms with E-state index in [4.69, 9.17) is 9.72 Å². The fraction of sp³-hybridized carbons (Fsp3) is 0.360. The molecule has 1 saturated carbocycles. The number of pyridine rings is 1. The van der Waals surface area contributed by atoms with E-state index in [9.17, 15) is 4.79 Å². The molecular formula is C25H25NO2S. The fourth-order valence-electron chi connectivity index (χ4n) is 4.38. The maximum absolute atomic E-state index is 12.1. The van der Waals surface area contributed by atoms with Crippen LogP contribution >= 0.6 is 11.8 Å². The molecule has 29 heavy (non-hydrogen) atoms. The minimum Gasteiger partial charge on any atom is -0.469 e. The standard InChI is InChI=1S/C25H25NO2S/c1-28-25(27)18-9-10-21-19(11-18)12-20-14-26-23(17-7-8-17)13-22(20)24(21)29-15-16-5-3-2-4-6-16/h2-6,12-14,17-18H,7-11,15H2,1H3. The molecule has 0 radical (unpaired) electrons. The van der Waals surface area contributed by atoms with Crippen LogP contribution < -0.4 is 0 Å². The van der Waals surface area contributed by atoms with Gasteiger partial charge in [-0.15, -0.1) is 11.8 Å². The Kier molecular flexibility index (Phi) is 5.04. The van der Waals surface area contributed by atoms with Crippen LogP contribution in [-0.2, 0) is 28.1 Å². The van der Waals surface area contributed by atoms with E-state index in [1.54, 1.807) is 0 Å². The van der Waals surface area contributed by atoms with Crippen LogP contribution in [0.5, 0.6) is 0 Å². The Morgan fingerprint density at radius 1 is 1.17 bits per heavy atom. The molecule has 148 valence electrons. The number of methoxy groups -OCH3 is 1. The van der Waals surface area contributed by atoms with Crippen molar-refractivity contribution in [2.75, 3.05) is 7.11 Å². The van der Waals surface area contributed by atoms with E-state index in [1.807, 2.05) is 18.0 Å². The van der Waals surface area contributed by atoms with Crippen molar-refractivity contribution in [1.82, 2.24) is 4.98 Å². The van der Waals surface area contributed by atoms with E-state index in [1.165, 1.54) is 58.0 Å². The van der Waals surface area contributed by atoms with Gasteiger partial charge in [0.05, 0.1) is 13.0 Å². The van der Waals surface area contributed by atoms with Gasteiger partial charge in [0.1, 0.15) is 0 Å². The molecule has 0 spiro atoms. The van der Waals surface area contributed by atoms with E-state index in [0.29, 0.717) is 5.92 Å². The summed E-state index contributed by atoms with van der Waals surface area (Å²) in [6.45, 7) is 0. The number of aromatic nitrogens is 1. The topological polar surface area (TPSA) is 39.2 Å². The molecule has 1 unspecified atom stereocenters. The van der Waals surface area contributed by atoms with Crippen LogP contribution in [0.1, 0.15) is 47.6 Å². The van der Waals surface area contributed by atoms with Gasteiger partial charge in [0.15, 0.2) is 0 Å². The van der Waals surface area contributed by atoms with Gasteiger partial charge in [-0.3, -0.25) is 9.78 Å². The summed E-state index contributed by atoms with van der Waals surface area (Å²) in [5, 5.41) is 2.52. The number of esters is 1. The highest BCUT2D eigenvalue weighted by molar-refractivity contribution is 7.98. The molecule has 0 saturated heterocycles. The molecule has 1 aromatic heterocycles. The fourth-order valence-corrected chi connectivity index (χ4v) is 5.63. The van der Waals surface area contributed by atoms with Gasteiger partial charge in [0.2, 0.25) is 0 Å². The number of carbonyl (C=O) groups is 1. The largest absolute Gasteiger partial charge is 0.469 e. The molecule has 1 fully saturated rings. The summed E-state index contributed by atoms with van der Waals surface area (Å²) in [6.07, 6.45) is 7.13. The number of fused-ring (bicyclic) bond motifs is 2. The lowest BCUT2D eigenvalue weighted by Crippen LogP contribution is -2.24. The number of rotatable bonds is 5. The average molecular weight is 404 g/mol. The first-order valence-electron chi connectivity index (χ1n) is 10.4. The average Bonchev–Trinajstić information content (AvgIpc) is 3.61. The third-order valence-electron chi connectivity index (χ3n) is 6.16. The summed E-state index contributed by atoms with van der Waals surface area (Å²) in [5.74, 6) is 1.48. The second kappa shape index (κ2) is 7.83. The summed E-state index contributed by atoms with van der Waals surface area (Å²) in [5.41, 5.74) is 5.28. The molecule has 2 aliphatic rings. The molecule has 5 rings (SSSR count). The van der Waals surface area contributed by atoms with E-state index < -0.39 is 0 Å². The third-order valence-corrected chi connectivity index (χ3v) is 7.39. The summed E-state index contributed by atoms with van der Waals surface area (Å²) in [4.78, 5) is 18.3. The van der Waals surface area contributed by atoms with Gasteiger partial charge < -0.3 is 4.74 Å². The van der Waals surface area contributed by atoms with Gasteiger partial charge in [0.25, 0.3) is 0 Å². The first-order valence-corrected chi connectivity index (χ1v) is 11.4. The van der Waals surface area contributed by atoms with Crippen LogP contribution in [-0.4, -0.2) is 18.1 Å². The first-order chi connectivity index (χ1) is 14.2. The van der Waals surface area contributed by atoms with Crippen LogP contribution in [0.4, 0.5) is 0 Å². The summed E-state index contributed by atoms with van der Waals surface area (Å²) in [7, 11) is 1.49. The Hall–Kier alpha value is -2.33. The minimum absolute atomic E-state index is 0.0318. The second-order valence-corrected chi connectivity index (χ2v) is 9.17. The molecule has 4 heteroatoms. The Balaban J connectivity index is 1.56. The highest BCUT2D eigenvalue weighted by Gasteiger charge is 2.29. The monoisotopic (exact) mass is 403 g/mol. The van der Waals surface area contributed by atoms with Crippen molar-refractivity contribution in [3.8, 4) is 0 Å². The van der Waals surface area contributed by atoms with E-state index in [-0.39, 0.29) is 11.9 Å². The Morgan fingerprint density at radius 2 is 2.00 bits per heavy atom. The third kappa shape index (κ3) is 3.78. The van der Waals surface area contributed by atoms with E-state index in [0.717, 1.165) is 25.0 Å². The van der Waals surface area contributed by atoms with Gasteiger partial charge in [-0.25, -0.2) is 0 Å². The lowest BCUT2D eigenvalue weighted by atomic mass is 9.82. The molecule has 0 N–H and O–H groups in total. The minimum atomic E-state index is -0.0866. The van der Waals surface area contributed by atoms with Crippen molar-refractivity contribution in [1.29, 1.82) is 0 Å². The zero-order valence-electron chi connectivity index (χ0n) is 16.7. The maximum atomic E-state index is 12.1. The lowest BCUT2D eigenvalue weighted by Gasteiger charge is -2.26. The smallest absolute Gasteiger partial charge is 0.309 e. The molecular weight excluding hydrogens is 378 g/mol. The summed E-state index contributed by atoms with van der Waals surface area (Å²) >= 11 is 1.93. The van der Waals surface area contributed by atoms with Crippen LogP contribution in [0.3, 0.4) is 0 Å². The lowest BCUT2D eigenvalue weighted by molar-refractivity contribution is -0.145. The molecule has 3 nitrogen and oxygen atoms in total. The van der Waals surface area contributed by atoms with Crippen LogP contribution in [0, 0.1) is 5.92 Å². The zero-order chi connectivity index (χ0) is 19.8. The Bertz CT molecular complexity index is 1060. The van der Waals surface area contributed by atoms with Crippen LogP contribution in [0.25, 0.3) is 10.8 Å². The molecule has 0 aliphatic heterocycles. The Morgan fingerprint density at radius 3 is 2.76 bits per heavy atom. The number of ether oxygens (including phenoxy) is 1. The van der Waals surface area contributed by atoms with Gasteiger partial charge in [-0.1, -0.05) is 30.3 Å². The summed E-state index contributed by atoms with van der Waals surface area (Å²) in [6, 6.07) is 15.2. The number of nitrogens with zero attached hydrogens (tertiary/aromatic N) is 1. The molecule has 0 amide bonds. The van der Waals surface area contributed by atoms with Crippen molar-refractivity contribution in [2.45, 2.75) is 48.7 Å². The zero-order valence-corrected chi connectivity index (χ0v) is 17.5. The number of hydrogen-bond donors (Lipinski definition) is 0. The second-order valence-electron chi connectivity index (χ2n) is 8.19. The highest BCUT2D eigenvalue weighted by atomic mass is 32.2. The Labute approximate surface area is 175 Å². The highest BCUT2D eigenvalue weighted by Crippen LogP contribution is 2.43. The molecule has 0 bridgehead atoms. The van der Waals surface area contributed by atoms with Gasteiger partial charge in [0, 0.05) is 33.8 Å². The molecule has 2 aromatic carbocycles. The number of hydrogen-bond acceptors (Lipinski definition) is 4. The number of thioether (sulfide) groups is 1. The van der Waals surface area contributed by atoms with Gasteiger partial charge in [-0.2, -0.15) is 0 Å². The van der Waals surface area contributed by atoms with Crippen LogP contribution in [0.2, 0.25) is 0 Å². The predicted molar refractivity (Wildman–Crippen MR) is 117 cm³/mol. The quantitative estimate of drug-likeness (QED) is 0.406. The van der Waals surface area contributed by atoms with Crippen LogP contribution in [0.15, 0.2) is 53.6 Å². The van der Waals surface area contributed by atoms with Crippen molar-refractivity contribution >= 4 is 28.5 Å². The number of benzene rings is 2. The predicted octanol–water partition coefficient (Wildman–Crippen LogP) is 5.68.